The number of rotatable bonds is 3. The van der Waals surface area contributed by atoms with E-state index in [0.717, 1.165) is 23.6 Å². The fourth-order valence-electron chi connectivity index (χ4n) is 2.99. The average Bonchev–Trinajstić information content (AvgIpc) is 3.07. The number of aromatic nitrogens is 4. The Hall–Kier alpha value is -1.75. The molecule has 3 heterocycles. The van der Waals surface area contributed by atoms with Crippen LogP contribution in [0.3, 0.4) is 0 Å². The smallest absolute Gasteiger partial charge is 0.107 e. The third-order valence-corrected chi connectivity index (χ3v) is 4.05. The highest BCUT2D eigenvalue weighted by Gasteiger charge is 2.29. The van der Waals surface area contributed by atoms with Gasteiger partial charge in [-0.1, -0.05) is 0 Å². The number of nitrogens with zero attached hydrogens (tertiary/aromatic N) is 5. The molecule has 0 radical (unpaired) electrons. The van der Waals surface area contributed by atoms with Crippen LogP contribution in [0.2, 0.25) is 0 Å². The van der Waals surface area contributed by atoms with Gasteiger partial charge in [0.05, 0.1) is 29.8 Å². The lowest BCUT2D eigenvalue weighted by Gasteiger charge is -2.27. The van der Waals surface area contributed by atoms with Gasteiger partial charge in [0.25, 0.3) is 0 Å². The molecule has 0 spiro atoms. The summed E-state index contributed by atoms with van der Waals surface area (Å²) in [5, 5.41) is 4.17. The van der Waals surface area contributed by atoms with E-state index in [4.69, 9.17) is 0 Å². The van der Waals surface area contributed by atoms with Crippen LogP contribution in [0.4, 0.5) is 0 Å². The third-order valence-electron chi connectivity index (χ3n) is 4.05. The summed E-state index contributed by atoms with van der Waals surface area (Å²) in [7, 11) is 1.92. The zero-order valence-corrected chi connectivity index (χ0v) is 12.3. The molecule has 5 heteroatoms. The maximum Gasteiger partial charge on any atom is 0.107 e. The first-order valence-electron chi connectivity index (χ1n) is 7.23. The van der Waals surface area contributed by atoms with Crippen molar-refractivity contribution in [2.75, 3.05) is 6.54 Å². The highest BCUT2D eigenvalue weighted by Crippen LogP contribution is 2.32. The van der Waals surface area contributed by atoms with Crippen molar-refractivity contribution in [2.45, 2.75) is 38.8 Å². The highest BCUT2D eigenvalue weighted by atomic mass is 15.3. The standard InChI is InChI=1S/C15H21N5/c1-11(2)20-8-4-5-15(20)13-10-16-12(9-17-13)14-6-7-18-19(14)3/h6-7,9-11,15H,4-5,8H2,1-3H3/t15-/m1/s1. The first kappa shape index (κ1) is 13.2. The Morgan fingerprint density at radius 3 is 2.70 bits per heavy atom. The molecule has 0 unspecified atom stereocenters. The molecule has 1 fully saturated rings. The van der Waals surface area contributed by atoms with Crippen molar-refractivity contribution in [1.29, 1.82) is 0 Å². The van der Waals surface area contributed by atoms with Gasteiger partial charge in [0, 0.05) is 19.3 Å². The number of hydrogen-bond donors (Lipinski definition) is 0. The molecule has 0 saturated carbocycles. The van der Waals surface area contributed by atoms with Crippen molar-refractivity contribution in [3.63, 3.8) is 0 Å². The molecule has 5 nitrogen and oxygen atoms in total. The topological polar surface area (TPSA) is 46.8 Å². The van der Waals surface area contributed by atoms with E-state index in [9.17, 15) is 0 Å². The van der Waals surface area contributed by atoms with Gasteiger partial charge in [0.1, 0.15) is 5.69 Å². The van der Waals surface area contributed by atoms with E-state index in [0.29, 0.717) is 12.1 Å². The monoisotopic (exact) mass is 271 g/mol. The van der Waals surface area contributed by atoms with Crippen LogP contribution in [0.15, 0.2) is 24.7 Å². The molecule has 2 aromatic rings. The lowest BCUT2D eigenvalue weighted by Crippen LogP contribution is -2.30. The van der Waals surface area contributed by atoms with Gasteiger partial charge in [-0.25, -0.2) is 0 Å². The normalized spacial score (nSPS) is 19.9. The minimum Gasteiger partial charge on any atom is -0.292 e. The third kappa shape index (κ3) is 2.33. The molecule has 1 aliphatic rings. The van der Waals surface area contributed by atoms with E-state index in [1.165, 1.54) is 12.8 Å². The van der Waals surface area contributed by atoms with E-state index in [-0.39, 0.29) is 0 Å². The van der Waals surface area contributed by atoms with Gasteiger partial charge in [-0.05, 0) is 39.3 Å². The fraction of sp³-hybridized carbons (Fsp3) is 0.533. The molecule has 3 rings (SSSR count). The fourth-order valence-corrected chi connectivity index (χ4v) is 2.99. The van der Waals surface area contributed by atoms with Crippen molar-refractivity contribution in [2.24, 2.45) is 7.05 Å². The van der Waals surface area contributed by atoms with Crippen LogP contribution >= 0.6 is 0 Å². The molecule has 20 heavy (non-hydrogen) atoms. The van der Waals surface area contributed by atoms with Gasteiger partial charge in [0.15, 0.2) is 0 Å². The minimum atomic E-state index is 0.420. The first-order valence-corrected chi connectivity index (χ1v) is 7.23. The lowest BCUT2D eigenvalue weighted by atomic mass is 10.1. The minimum absolute atomic E-state index is 0.420. The van der Waals surface area contributed by atoms with Crippen molar-refractivity contribution in [1.82, 2.24) is 24.6 Å². The SMILES string of the molecule is CC(C)N1CCC[C@@H]1c1cnc(-c2ccnn2C)cn1. The van der Waals surface area contributed by atoms with Crippen LogP contribution in [-0.2, 0) is 7.05 Å². The van der Waals surface area contributed by atoms with Crippen LogP contribution in [-0.4, -0.2) is 37.2 Å². The predicted molar refractivity (Wildman–Crippen MR) is 78.1 cm³/mol. The molecular weight excluding hydrogens is 250 g/mol. The molecule has 1 aliphatic heterocycles. The van der Waals surface area contributed by atoms with Gasteiger partial charge < -0.3 is 0 Å². The van der Waals surface area contributed by atoms with Gasteiger partial charge in [-0.2, -0.15) is 5.10 Å². The molecule has 2 aromatic heterocycles. The zero-order valence-electron chi connectivity index (χ0n) is 12.3. The summed E-state index contributed by atoms with van der Waals surface area (Å²) in [4.78, 5) is 11.7. The summed E-state index contributed by atoms with van der Waals surface area (Å²) in [6.07, 6.45) is 7.99. The molecule has 0 N–H and O–H groups in total. The zero-order chi connectivity index (χ0) is 14.1. The maximum absolute atomic E-state index is 4.65. The van der Waals surface area contributed by atoms with E-state index in [1.807, 2.05) is 30.2 Å². The van der Waals surface area contributed by atoms with Crippen LogP contribution in [0.25, 0.3) is 11.4 Å². The lowest BCUT2D eigenvalue weighted by molar-refractivity contribution is 0.202. The van der Waals surface area contributed by atoms with Crippen LogP contribution in [0, 0.1) is 0 Å². The molecule has 0 aromatic carbocycles. The number of aryl methyl sites for hydroxylation is 1. The molecule has 1 atom stereocenters. The van der Waals surface area contributed by atoms with Crippen molar-refractivity contribution in [3.8, 4) is 11.4 Å². The van der Waals surface area contributed by atoms with Crippen molar-refractivity contribution in [3.05, 3.63) is 30.4 Å². The Balaban J connectivity index is 1.85. The van der Waals surface area contributed by atoms with Gasteiger partial charge >= 0.3 is 0 Å². The van der Waals surface area contributed by atoms with Crippen LogP contribution in [0.1, 0.15) is 38.4 Å². The second-order valence-electron chi connectivity index (χ2n) is 5.66. The van der Waals surface area contributed by atoms with Crippen LogP contribution < -0.4 is 0 Å². The van der Waals surface area contributed by atoms with Crippen LogP contribution in [0.5, 0.6) is 0 Å². The highest BCUT2D eigenvalue weighted by molar-refractivity contribution is 5.52. The summed E-state index contributed by atoms with van der Waals surface area (Å²) < 4.78 is 1.82. The Bertz CT molecular complexity index is 572. The summed E-state index contributed by atoms with van der Waals surface area (Å²) in [5.41, 5.74) is 2.96. The number of hydrogen-bond acceptors (Lipinski definition) is 4. The molecule has 0 aliphatic carbocycles. The van der Waals surface area contributed by atoms with E-state index in [1.54, 1.807) is 6.20 Å². The predicted octanol–water partition coefficient (Wildman–Crippen LogP) is 2.42. The molecular formula is C15H21N5. The molecule has 1 saturated heterocycles. The first-order chi connectivity index (χ1) is 9.66. The largest absolute Gasteiger partial charge is 0.292 e. The summed E-state index contributed by atoms with van der Waals surface area (Å²) in [6.45, 7) is 5.65. The van der Waals surface area contributed by atoms with E-state index < -0.39 is 0 Å². The van der Waals surface area contributed by atoms with Gasteiger partial charge in [-0.3, -0.25) is 19.5 Å². The maximum atomic E-state index is 4.65. The summed E-state index contributed by atoms with van der Waals surface area (Å²) in [5.74, 6) is 0. The molecule has 106 valence electrons. The van der Waals surface area contributed by atoms with Gasteiger partial charge in [-0.15, -0.1) is 0 Å². The Morgan fingerprint density at radius 1 is 1.25 bits per heavy atom. The molecule has 0 bridgehead atoms. The van der Waals surface area contributed by atoms with Gasteiger partial charge in [0.2, 0.25) is 0 Å². The second-order valence-corrected chi connectivity index (χ2v) is 5.66. The van der Waals surface area contributed by atoms with Crippen molar-refractivity contribution < 1.29 is 0 Å². The van der Waals surface area contributed by atoms with E-state index in [2.05, 4.69) is 33.8 Å². The quantitative estimate of drug-likeness (QED) is 0.860. The average molecular weight is 271 g/mol. The Labute approximate surface area is 119 Å². The Morgan fingerprint density at radius 2 is 2.10 bits per heavy atom. The van der Waals surface area contributed by atoms with E-state index >= 15 is 0 Å². The summed E-state index contributed by atoms with van der Waals surface area (Å²) in [6, 6.07) is 2.93. The van der Waals surface area contributed by atoms with Crippen molar-refractivity contribution >= 4 is 0 Å². The summed E-state index contributed by atoms with van der Waals surface area (Å²) >= 11 is 0. The Kier molecular flexibility index (Phi) is 3.53. The second kappa shape index (κ2) is 5.32. The molecule has 0 amide bonds. The number of likely N-dealkylation sites (tertiary alicyclic amines) is 1.